The van der Waals surface area contributed by atoms with Crippen LogP contribution >= 0.6 is 23.2 Å². The zero-order valence-electron chi connectivity index (χ0n) is 20.3. The summed E-state index contributed by atoms with van der Waals surface area (Å²) in [5, 5.41) is 15.2. The van der Waals surface area contributed by atoms with Crippen molar-refractivity contribution in [3.05, 3.63) is 105 Å². The van der Waals surface area contributed by atoms with E-state index in [4.69, 9.17) is 32.7 Å². The van der Waals surface area contributed by atoms with E-state index in [9.17, 15) is 10.1 Å². The molecule has 37 heavy (non-hydrogen) atoms. The first kappa shape index (κ1) is 26.1. The average molecular weight is 531 g/mol. The fourth-order valence-corrected chi connectivity index (χ4v) is 4.17. The Labute approximate surface area is 225 Å². The van der Waals surface area contributed by atoms with E-state index in [1.165, 1.54) is 12.1 Å². The molecule has 1 N–H and O–H groups in total. The Balaban J connectivity index is 1.56. The van der Waals surface area contributed by atoms with Crippen molar-refractivity contribution in [2.45, 2.75) is 20.5 Å². The number of fused-ring (bicyclic) bond motifs is 1. The Kier molecular flexibility index (Phi) is 8.35. The Hall–Kier alpha value is -3.98. The number of nitriles is 1. The molecule has 186 valence electrons. The van der Waals surface area contributed by atoms with Gasteiger partial charge in [0.1, 0.15) is 18.2 Å². The van der Waals surface area contributed by atoms with Gasteiger partial charge in [-0.25, -0.2) is 0 Å². The molecule has 0 radical (unpaired) electrons. The molecule has 0 fully saturated rings. The third kappa shape index (κ3) is 6.24. The van der Waals surface area contributed by atoms with Crippen LogP contribution in [0, 0.1) is 18.3 Å². The van der Waals surface area contributed by atoms with Gasteiger partial charge >= 0.3 is 0 Å². The fourth-order valence-electron chi connectivity index (χ4n) is 3.88. The third-order valence-corrected chi connectivity index (χ3v) is 6.51. The smallest absolute Gasteiger partial charge is 0.266 e. The van der Waals surface area contributed by atoms with Crippen LogP contribution in [0.2, 0.25) is 10.0 Å². The molecule has 0 unspecified atom stereocenters. The van der Waals surface area contributed by atoms with Crippen molar-refractivity contribution < 1.29 is 14.3 Å². The molecule has 4 aromatic rings. The van der Waals surface area contributed by atoms with E-state index in [-0.39, 0.29) is 5.57 Å². The van der Waals surface area contributed by atoms with E-state index in [2.05, 4.69) is 36.5 Å². The molecule has 0 atom stereocenters. The standard InChI is InChI=1S/C30H24Cl2N2O3/c1-3-36-29-15-20(14-22(17-33)30(35)34-23-11-12-26(31)27(32)16-23)9-13-28(29)37-18-25-19(2)8-10-21-6-4-5-7-24(21)25/h4-16H,3,18H2,1-2H3,(H,34,35)/b22-14+. The lowest BCUT2D eigenvalue weighted by Gasteiger charge is -2.15. The predicted molar refractivity (Wildman–Crippen MR) is 149 cm³/mol. The van der Waals surface area contributed by atoms with Crippen molar-refractivity contribution in [2.75, 3.05) is 11.9 Å². The van der Waals surface area contributed by atoms with Crippen molar-refractivity contribution >= 4 is 51.6 Å². The summed E-state index contributed by atoms with van der Waals surface area (Å²) >= 11 is 11.9. The maximum absolute atomic E-state index is 12.7. The van der Waals surface area contributed by atoms with Crippen molar-refractivity contribution in [3.63, 3.8) is 0 Å². The first-order valence-electron chi connectivity index (χ1n) is 11.6. The molecule has 0 aromatic heterocycles. The summed E-state index contributed by atoms with van der Waals surface area (Å²) in [6.07, 6.45) is 1.49. The van der Waals surface area contributed by atoms with Crippen LogP contribution in [-0.2, 0) is 11.4 Å². The number of aryl methyl sites for hydroxylation is 1. The Morgan fingerprint density at radius 2 is 1.78 bits per heavy atom. The zero-order chi connectivity index (χ0) is 26.4. The summed E-state index contributed by atoms with van der Waals surface area (Å²) < 4.78 is 12.0. The lowest BCUT2D eigenvalue weighted by atomic mass is 10.0. The number of benzene rings is 4. The molecule has 0 heterocycles. The van der Waals surface area contributed by atoms with E-state index < -0.39 is 5.91 Å². The van der Waals surface area contributed by atoms with E-state index in [0.29, 0.717) is 46.0 Å². The number of anilines is 1. The molecule has 0 saturated carbocycles. The predicted octanol–water partition coefficient (Wildman–Crippen LogP) is 7.98. The maximum atomic E-state index is 12.7. The van der Waals surface area contributed by atoms with Crippen LogP contribution in [0.1, 0.15) is 23.6 Å². The summed E-state index contributed by atoms with van der Waals surface area (Å²) in [4.78, 5) is 12.7. The molecule has 4 aromatic carbocycles. The van der Waals surface area contributed by atoms with Crippen LogP contribution in [0.3, 0.4) is 0 Å². The monoisotopic (exact) mass is 530 g/mol. The highest BCUT2D eigenvalue weighted by atomic mass is 35.5. The molecule has 0 aliphatic rings. The summed E-state index contributed by atoms with van der Waals surface area (Å²) in [5.74, 6) is 0.534. The number of rotatable bonds is 8. The summed E-state index contributed by atoms with van der Waals surface area (Å²) in [6.45, 7) is 4.75. The summed E-state index contributed by atoms with van der Waals surface area (Å²) in [6, 6.07) is 24.3. The molecule has 1 amide bonds. The van der Waals surface area contributed by atoms with Crippen LogP contribution in [-0.4, -0.2) is 12.5 Å². The molecule has 0 aliphatic carbocycles. The largest absolute Gasteiger partial charge is 0.490 e. The second-order valence-corrected chi connectivity index (χ2v) is 9.08. The lowest BCUT2D eigenvalue weighted by molar-refractivity contribution is -0.112. The number of carbonyl (C=O) groups excluding carboxylic acids is 1. The molecule has 0 bridgehead atoms. The van der Waals surface area contributed by atoms with E-state index in [1.54, 1.807) is 30.3 Å². The van der Waals surface area contributed by atoms with Crippen LogP contribution in [0.4, 0.5) is 5.69 Å². The van der Waals surface area contributed by atoms with Crippen LogP contribution in [0.25, 0.3) is 16.8 Å². The van der Waals surface area contributed by atoms with Gasteiger partial charge < -0.3 is 14.8 Å². The number of carbonyl (C=O) groups is 1. The van der Waals surface area contributed by atoms with Crippen molar-refractivity contribution in [2.24, 2.45) is 0 Å². The number of halogens is 2. The van der Waals surface area contributed by atoms with Gasteiger partial charge in [-0.2, -0.15) is 5.26 Å². The van der Waals surface area contributed by atoms with Gasteiger partial charge in [0.15, 0.2) is 11.5 Å². The number of nitrogens with one attached hydrogen (secondary N) is 1. The summed E-state index contributed by atoms with van der Waals surface area (Å²) in [5.41, 5.74) is 3.23. The van der Waals surface area contributed by atoms with Crippen molar-refractivity contribution in [3.8, 4) is 17.6 Å². The number of ether oxygens (including phenoxy) is 2. The topological polar surface area (TPSA) is 71.3 Å². The molecule has 4 rings (SSSR count). The van der Waals surface area contributed by atoms with Gasteiger partial charge in [0.2, 0.25) is 0 Å². The minimum Gasteiger partial charge on any atom is -0.490 e. The molecule has 7 heteroatoms. The van der Waals surface area contributed by atoms with Gasteiger partial charge in [-0.1, -0.05) is 65.7 Å². The Morgan fingerprint density at radius 3 is 2.54 bits per heavy atom. The molecular weight excluding hydrogens is 507 g/mol. The second-order valence-electron chi connectivity index (χ2n) is 8.26. The highest BCUT2D eigenvalue weighted by molar-refractivity contribution is 6.42. The average Bonchev–Trinajstić information content (AvgIpc) is 2.89. The quantitative estimate of drug-likeness (QED) is 0.185. The highest BCUT2D eigenvalue weighted by Gasteiger charge is 2.13. The Bertz CT molecular complexity index is 1540. The van der Waals surface area contributed by atoms with Crippen LogP contribution in [0.5, 0.6) is 11.5 Å². The maximum Gasteiger partial charge on any atom is 0.266 e. The molecular formula is C30H24Cl2N2O3. The lowest BCUT2D eigenvalue weighted by Crippen LogP contribution is -2.13. The van der Waals surface area contributed by atoms with E-state index in [0.717, 1.165) is 21.9 Å². The summed E-state index contributed by atoms with van der Waals surface area (Å²) in [7, 11) is 0. The van der Waals surface area contributed by atoms with Crippen molar-refractivity contribution in [1.82, 2.24) is 0 Å². The number of hydrogen-bond acceptors (Lipinski definition) is 4. The van der Waals surface area contributed by atoms with Crippen LogP contribution in [0.15, 0.2) is 78.4 Å². The van der Waals surface area contributed by atoms with Crippen molar-refractivity contribution in [1.29, 1.82) is 5.26 Å². The number of amides is 1. The Morgan fingerprint density at radius 1 is 0.973 bits per heavy atom. The van der Waals surface area contributed by atoms with Gasteiger partial charge in [-0.15, -0.1) is 0 Å². The van der Waals surface area contributed by atoms with Gasteiger partial charge in [0.05, 0.1) is 16.7 Å². The highest BCUT2D eigenvalue weighted by Crippen LogP contribution is 2.32. The normalized spacial score (nSPS) is 11.2. The van der Waals surface area contributed by atoms with Gasteiger partial charge in [-0.3, -0.25) is 4.79 Å². The first-order chi connectivity index (χ1) is 17.9. The fraction of sp³-hybridized carbons (Fsp3) is 0.133. The number of nitrogens with zero attached hydrogens (tertiary/aromatic N) is 1. The van der Waals surface area contributed by atoms with Gasteiger partial charge in [-0.05, 0) is 72.2 Å². The molecule has 0 saturated heterocycles. The molecule has 0 spiro atoms. The number of hydrogen-bond donors (Lipinski definition) is 1. The third-order valence-electron chi connectivity index (χ3n) is 5.77. The minimum atomic E-state index is -0.564. The van der Waals surface area contributed by atoms with E-state index >= 15 is 0 Å². The molecule has 0 aliphatic heterocycles. The second kappa shape index (κ2) is 11.8. The zero-order valence-corrected chi connectivity index (χ0v) is 21.9. The van der Waals surface area contributed by atoms with Gasteiger partial charge in [0.25, 0.3) is 5.91 Å². The van der Waals surface area contributed by atoms with Crippen LogP contribution < -0.4 is 14.8 Å². The SMILES string of the molecule is CCOc1cc(/C=C(\C#N)C(=O)Nc2ccc(Cl)c(Cl)c2)ccc1OCc1c(C)ccc2ccccc12. The minimum absolute atomic E-state index is 0.0754. The van der Waals surface area contributed by atoms with Gasteiger partial charge in [0, 0.05) is 11.3 Å². The van der Waals surface area contributed by atoms with E-state index in [1.807, 2.05) is 25.1 Å². The first-order valence-corrected chi connectivity index (χ1v) is 12.4. The molecule has 5 nitrogen and oxygen atoms in total.